The first kappa shape index (κ1) is 20.1. The normalized spacial score (nSPS) is 17.4. The van der Waals surface area contributed by atoms with Crippen LogP contribution in [0.4, 0.5) is 0 Å². The number of hydrogen-bond acceptors (Lipinski definition) is 5. The fourth-order valence-corrected chi connectivity index (χ4v) is 4.86. The standard InChI is InChI=1S/C16H25N5O2S.ClH/c1-11-14-8-13(10-18-16(14)21(2)19-11)24(22,23)20-15(9-17)12-6-4-3-5-7-12;/h8,10,12,15,20H,3-7,9,17H2,1-2H3;1H. The quantitative estimate of drug-likeness (QED) is 0.815. The number of nitrogens with zero attached hydrogens (tertiary/aromatic N) is 3. The van der Waals surface area contributed by atoms with E-state index >= 15 is 0 Å². The molecule has 0 amide bonds. The van der Waals surface area contributed by atoms with Gasteiger partial charge in [0.25, 0.3) is 0 Å². The molecule has 1 aliphatic rings. The van der Waals surface area contributed by atoms with Crippen LogP contribution < -0.4 is 10.5 Å². The van der Waals surface area contributed by atoms with E-state index in [2.05, 4.69) is 14.8 Å². The van der Waals surface area contributed by atoms with Gasteiger partial charge in [-0.1, -0.05) is 19.3 Å². The summed E-state index contributed by atoms with van der Waals surface area (Å²) in [5, 5.41) is 5.04. The molecule has 0 bridgehead atoms. The molecule has 3 N–H and O–H groups in total. The van der Waals surface area contributed by atoms with Crippen LogP contribution in [0.3, 0.4) is 0 Å². The molecule has 25 heavy (non-hydrogen) atoms. The number of nitrogens with one attached hydrogen (secondary N) is 1. The molecule has 1 aliphatic carbocycles. The minimum atomic E-state index is -3.65. The van der Waals surface area contributed by atoms with Crippen LogP contribution in [0.5, 0.6) is 0 Å². The van der Waals surface area contributed by atoms with Gasteiger partial charge in [-0.3, -0.25) is 4.68 Å². The molecule has 9 heteroatoms. The third kappa shape index (κ3) is 4.13. The number of pyridine rings is 1. The summed E-state index contributed by atoms with van der Waals surface area (Å²) in [6.45, 7) is 2.16. The Morgan fingerprint density at radius 1 is 1.36 bits per heavy atom. The maximum atomic E-state index is 12.8. The van der Waals surface area contributed by atoms with Crippen molar-refractivity contribution in [1.29, 1.82) is 0 Å². The first-order valence-electron chi connectivity index (χ1n) is 8.44. The molecule has 0 radical (unpaired) electrons. The molecule has 3 rings (SSSR count). The maximum absolute atomic E-state index is 12.8. The first-order chi connectivity index (χ1) is 11.4. The highest BCUT2D eigenvalue weighted by molar-refractivity contribution is 7.89. The molecule has 2 aromatic rings. The molecule has 0 spiro atoms. The van der Waals surface area contributed by atoms with Crippen molar-refractivity contribution in [2.24, 2.45) is 18.7 Å². The first-order valence-corrected chi connectivity index (χ1v) is 9.92. The fraction of sp³-hybridized carbons (Fsp3) is 0.625. The van der Waals surface area contributed by atoms with Gasteiger partial charge in [0.2, 0.25) is 10.0 Å². The molecule has 1 unspecified atom stereocenters. The predicted molar refractivity (Wildman–Crippen MR) is 100 cm³/mol. The van der Waals surface area contributed by atoms with Gasteiger partial charge >= 0.3 is 0 Å². The molecule has 2 aromatic heterocycles. The third-order valence-electron chi connectivity index (χ3n) is 4.93. The number of halogens is 1. The Morgan fingerprint density at radius 3 is 2.68 bits per heavy atom. The number of hydrogen-bond donors (Lipinski definition) is 2. The lowest BCUT2D eigenvalue weighted by Crippen LogP contribution is -2.45. The topological polar surface area (TPSA) is 103 Å². The largest absolute Gasteiger partial charge is 0.329 e. The number of sulfonamides is 1. The minimum absolute atomic E-state index is 0. The highest BCUT2D eigenvalue weighted by atomic mass is 35.5. The van der Waals surface area contributed by atoms with Crippen LogP contribution in [0.25, 0.3) is 11.0 Å². The monoisotopic (exact) mass is 387 g/mol. The van der Waals surface area contributed by atoms with Crippen LogP contribution in [0.1, 0.15) is 37.8 Å². The van der Waals surface area contributed by atoms with Crippen LogP contribution >= 0.6 is 12.4 Å². The Hall–Kier alpha value is -1.22. The second-order valence-electron chi connectivity index (χ2n) is 6.61. The van der Waals surface area contributed by atoms with Gasteiger partial charge in [0.15, 0.2) is 5.65 Å². The van der Waals surface area contributed by atoms with Gasteiger partial charge in [0, 0.05) is 31.2 Å². The predicted octanol–water partition coefficient (Wildman–Crippen LogP) is 1.88. The van der Waals surface area contributed by atoms with Gasteiger partial charge in [-0.05, 0) is 31.7 Å². The molecular weight excluding hydrogens is 362 g/mol. The minimum Gasteiger partial charge on any atom is -0.329 e. The van der Waals surface area contributed by atoms with Gasteiger partial charge in [-0.15, -0.1) is 12.4 Å². The van der Waals surface area contributed by atoms with Gasteiger partial charge in [-0.2, -0.15) is 5.10 Å². The van der Waals surface area contributed by atoms with Crippen molar-refractivity contribution in [1.82, 2.24) is 19.5 Å². The molecule has 1 fully saturated rings. The number of fused-ring (bicyclic) bond motifs is 1. The van der Waals surface area contributed by atoms with Crippen molar-refractivity contribution < 1.29 is 8.42 Å². The number of nitrogens with two attached hydrogens (primary N) is 1. The second kappa shape index (κ2) is 7.99. The van der Waals surface area contributed by atoms with E-state index in [4.69, 9.17) is 5.73 Å². The molecule has 0 saturated heterocycles. The van der Waals surface area contributed by atoms with E-state index in [9.17, 15) is 8.42 Å². The second-order valence-corrected chi connectivity index (χ2v) is 8.33. The van der Waals surface area contributed by atoms with Crippen molar-refractivity contribution in [3.8, 4) is 0 Å². The number of aromatic nitrogens is 3. The Bertz CT molecular complexity index is 830. The summed E-state index contributed by atoms with van der Waals surface area (Å²) in [5.41, 5.74) is 7.29. The molecule has 0 aliphatic heterocycles. The highest BCUT2D eigenvalue weighted by Crippen LogP contribution is 2.27. The van der Waals surface area contributed by atoms with E-state index in [1.165, 1.54) is 12.6 Å². The molecule has 140 valence electrons. The summed E-state index contributed by atoms with van der Waals surface area (Å²) >= 11 is 0. The average Bonchev–Trinajstić information content (AvgIpc) is 2.87. The smallest absolute Gasteiger partial charge is 0.242 e. The lowest BCUT2D eigenvalue weighted by molar-refractivity contribution is 0.294. The fourth-order valence-electron chi connectivity index (χ4n) is 3.58. The van der Waals surface area contributed by atoms with Crippen molar-refractivity contribution in [3.63, 3.8) is 0 Å². The summed E-state index contributed by atoms with van der Waals surface area (Å²) in [4.78, 5) is 4.43. The zero-order valence-electron chi connectivity index (χ0n) is 14.6. The van der Waals surface area contributed by atoms with Crippen molar-refractivity contribution in [2.75, 3.05) is 6.54 Å². The maximum Gasteiger partial charge on any atom is 0.242 e. The number of aryl methyl sites for hydroxylation is 2. The van der Waals surface area contributed by atoms with Crippen LogP contribution in [-0.4, -0.2) is 35.8 Å². The summed E-state index contributed by atoms with van der Waals surface area (Å²) in [7, 11) is -1.86. The Kier molecular flexibility index (Phi) is 6.42. The van der Waals surface area contributed by atoms with Crippen LogP contribution in [0.15, 0.2) is 17.2 Å². The molecule has 1 atom stereocenters. The highest BCUT2D eigenvalue weighted by Gasteiger charge is 2.28. The third-order valence-corrected chi connectivity index (χ3v) is 6.38. The van der Waals surface area contributed by atoms with Gasteiger partial charge in [-0.25, -0.2) is 18.1 Å². The number of rotatable bonds is 5. The average molecular weight is 388 g/mol. The molecule has 7 nitrogen and oxygen atoms in total. The van der Waals surface area contributed by atoms with Crippen LogP contribution in [0, 0.1) is 12.8 Å². The molecule has 1 saturated carbocycles. The van der Waals surface area contributed by atoms with Crippen molar-refractivity contribution in [2.45, 2.75) is 50.0 Å². The zero-order chi connectivity index (χ0) is 17.3. The Balaban J connectivity index is 0.00000225. The SMILES string of the molecule is Cc1nn(C)c2ncc(S(=O)(=O)NC(CN)C3CCCCC3)cc12.Cl. The molecule has 2 heterocycles. The summed E-state index contributed by atoms with van der Waals surface area (Å²) in [6, 6.07) is 1.42. The van der Waals surface area contributed by atoms with E-state index in [1.54, 1.807) is 17.8 Å². The van der Waals surface area contributed by atoms with Gasteiger partial charge in [0.1, 0.15) is 4.90 Å². The van der Waals surface area contributed by atoms with Crippen LogP contribution in [0.2, 0.25) is 0 Å². The van der Waals surface area contributed by atoms with E-state index in [0.29, 0.717) is 18.1 Å². The Morgan fingerprint density at radius 2 is 2.04 bits per heavy atom. The summed E-state index contributed by atoms with van der Waals surface area (Å²) in [6.07, 6.45) is 6.96. The van der Waals surface area contributed by atoms with Crippen LogP contribution in [-0.2, 0) is 17.1 Å². The lowest BCUT2D eigenvalue weighted by Gasteiger charge is -2.29. The summed E-state index contributed by atoms with van der Waals surface area (Å²) < 4.78 is 30.0. The van der Waals surface area contributed by atoms with Crippen molar-refractivity contribution >= 4 is 33.5 Å². The molecule has 0 aromatic carbocycles. The van der Waals surface area contributed by atoms with E-state index in [-0.39, 0.29) is 23.3 Å². The van der Waals surface area contributed by atoms with Crippen molar-refractivity contribution in [3.05, 3.63) is 18.0 Å². The lowest BCUT2D eigenvalue weighted by atomic mass is 9.84. The van der Waals surface area contributed by atoms with E-state index in [0.717, 1.165) is 36.8 Å². The summed E-state index contributed by atoms with van der Waals surface area (Å²) in [5.74, 6) is 0.315. The zero-order valence-corrected chi connectivity index (χ0v) is 16.2. The van der Waals surface area contributed by atoms with Gasteiger partial charge < -0.3 is 5.73 Å². The van der Waals surface area contributed by atoms with Gasteiger partial charge in [0.05, 0.1) is 5.69 Å². The van der Waals surface area contributed by atoms with E-state index in [1.807, 2.05) is 6.92 Å². The Labute approximate surface area is 154 Å². The van der Waals surface area contributed by atoms with E-state index < -0.39 is 10.0 Å². The molecular formula is C16H26ClN5O2S.